The Labute approximate surface area is 223 Å². The van der Waals surface area contributed by atoms with E-state index in [9.17, 15) is 13.2 Å². The molecule has 2 aliphatic heterocycles. The Bertz CT molecular complexity index is 1510. The Morgan fingerprint density at radius 3 is 2.63 bits per heavy atom. The molecule has 4 fully saturated rings. The summed E-state index contributed by atoms with van der Waals surface area (Å²) in [5, 5.41) is 5.28. The molecule has 2 aromatic heterocycles. The zero-order valence-electron chi connectivity index (χ0n) is 20.9. The van der Waals surface area contributed by atoms with Gasteiger partial charge in [-0.05, 0) is 73.6 Å². The van der Waals surface area contributed by atoms with Crippen LogP contribution >= 0.6 is 11.3 Å². The minimum atomic E-state index is -4.44. The molecule has 4 aliphatic rings. The summed E-state index contributed by atoms with van der Waals surface area (Å²) in [6.07, 6.45) is 2.33. The van der Waals surface area contributed by atoms with E-state index in [1.165, 1.54) is 23.3 Å². The maximum atomic E-state index is 13.8. The van der Waals surface area contributed by atoms with E-state index in [0.29, 0.717) is 35.8 Å². The van der Waals surface area contributed by atoms with Gasteiger partial charge in [-0.15, -0.1) is 0 Å². The van der Waals surface area contributed by atoms with Crippen molar-refractivity contribution in [3.8, 4) is 11.3 Å². The highest BCUT2D eigenvalue weighted by Crippen LogP contribution is 2.51. The number of fused-ring (bicyclic) bond motifs is 3. The van der Waals surface area contributed by atoms with Crippen molar-refractivity contribution in [2.75, 3.05) is 18.0 Å². The highest BCUT2D eigenvalue weighted by molar-refractivity contribution is 7.22. The monoisotopic (exact) mass is 535 g/mol. The van der Waals surface area contributed by atoms with Gasteiger partial charge in [0.15, 0.2) is 5.13 Å². The normalized spacial score (nSPS) is 23.0. The SMILES string of the molecule is C=Cc1ccc2nc(N3CC4CC(C3)C4CCc3c(-c4ccccc4C(F)(F)F)noc3C3CC3)sc2c1. The first kappa shape index (κ1) is 23.9. The Hall–Kier alpha value is -3.13. The lowest BCUT2D eigenvalue weighted by molar-refractivity contribution is -0.137. The third kappa shape index (κ3) is 4.13. The lowest BCUT2D eigenvalue weighted by Gasteiger charge is -2.54. The first-order valence-corrected chi connectivity index (χ1v) is 14.1. The van der Waals surface area contributed by atoms with Gasteiger partial charge < -0.3 is 9.42 Å². The summed E-state index contributed by atoms with van der Waals surface area (Å²) in [4.78, 5) is 7.31. The van der Waals surface area contributed by atoms with Gasteiger partial charge in [-0.3, -0.25) is 0 Å². The van der Waals surface area contributed by atoms with Gasteiger partial charge in [0, 0.05) is 30.1 Å². The number of anilines is 1. The maximum absolute atomic E-state index is 13.8. The van der Waals surface area contributed by atoms with E-state index < -0.39 is 11.7 Å². The van der Waals surface area contributed by atoms with Crippen LogP contribution < -0.4 is 4.90 Å². The van der Waals surface area contributed by atoms with Crippen LogP contribution in [0.2, 0.25) is 0 Å². The zero-order chi connectivity index (χ0) is 26.0. The molecule has 38 heavy (non-hydrogen) atoms. The summed E-state index contributed by atoms with van der Waals surface area (Å²) in [6.45, 7) is 5.83. The summed E-state index contributed by atoms with van der Waals surface area (Å²) in [5.74, 6) is 2.83. The maximum Gasteiger partial charge on any atom is 0.417 e. The smallest absolute Gasteiger partial charge is 0.360 e. The standard InChI is InChI=1S/C30H28F3N3OS/c1-2-17-7-12-25-26(13-17)38-29(34-25)36-15-19-14-20(16-36)21(19)10-11-23-27(35-37-28(23)18-8-9-18)22-5-3-4-6-24(22)30(31,32)33/h2-7,12-13,18-21H,1,8-11,14-16H2. The zero-order valence-corrected chi connectivity index (χ0v) is 21.7. The van der Waals surface area contributed by atoms with Crippen molar-refractivity contribution in [1.29, 1.82) is 0 Å². The number of aromatic nitrogens is 2. The van der Waals surface area contributed by atoms with Crippen molar-refractivity contribution in [1.82, 2.24) is 10.1 Å². The number of nitrogens with zero attached hydrogens (tertiary/aromatic N) is 3. The van der Waals surface area contributed by atoms with Crippen LogP contribution in [0.5, 0.6) is 0 Å². The number of rotatable bonds is 7. The third-order valence-corrected chi connectivity index (χ3v) is 9.69. The molecular weight excluding hydrogens is 507 g/mol. The molecule has 2 saturated heterocycles. The largest absolute Gasteiger partial charge is 0.417 e. The summed E-state index contributed by atoms with van der Waals surface area (Å²) in [6, 6.07) is 12.0. The molecule has 2 atom stereocenters. The van der Waals surface area contributed by atoms with Crippen LogP contribution in [0.3, 0.4) is 0 Å². The van der Waals surface area contributed by atoms with Crippen molar-refractivity contribution < 1.29 is 17.7 Å². The fourth-order valence-corrected chi connectivity index (χ4v) is 7.53. The number of alkyl halides is 3. The van der Waals surface area contributed by atoms with Gasteiger partial charge in [-0.25, -0.2) is 4.98 Å². The second kappa shape index (κ2) is 8.97. The van der Waals surface area contributed by atoms with Gasteiger partial charge in [-0.1, -0.05) is 53.4 Å². The molecule has 2 aliphatic carbocycles. The highest BCUT2D eigenvalue weighted by atomic mass is 32.1. The van der Waals surface area contributed by atoms with Crippen LogP contribution in [0.4, 0.5) is 18.3 Å². The highest BCUT2D eigenvalue weighted by Gasteiger charge is 2.47. The Balaban J connectivity index is 1.09. The van der Waals surface area contributed by atoms with Crippen molar-refractivity contribution >= 4 is 32.8 Å². The predicted octanol–water partition coefficient (Wildman–Crippen LogP) is 8.20. The number of benzene rings is 2. The molecule has 2 saturated carbocycles. The van der Waals surface area contributed by atoms with Crippen LogP contribution in [-0.2, 0) is 12.6 Å². The van der Waals surface area contributed by atoms with Crippen molar-refractivity contribution in [2.24, 2.45) is 17.8 Å². The van der Waals surface area contributed by atoms with E-state index in [4.69, 9.17) is 9.51 Å². The molecule has 196 valence electrons. The van der Waals surface area contributed by atoms with Crippen molar-refractivity contribution in [3.63, 3.8) is 0 Å². The number of hydrogen-bond acceptors (Lipinski definition) is 5. The summed E-state index contributed by atoms with van der Waals surface area (Å²) >= 11 is 1.74. The van der Waals surface area contributed by atoms with Gasteiger partial charge in [0.25, 0.3) is 0 Å². The number of piperidine rings is 2. The number of thiazole rings is 1. The Morgan fingerprint density at radius 1 is 1.11 bits per heavy atom. The van der Waals surface area contributed by atoms with E-state index in [1.807, 2.05) is 12.1 Å². The van der Waals surface area contributed by atoms with Crippen LogP contribution in [0, 0.1) is 17.8 Å². The Kier molecular flexibility index (Phi) is 5.65. The molecule has 0 amide bonds. The molecule has 2 unspecified atom stereocenters. The van der Waals surface area contributed by atoms with E-state index in [1.54, 1.807) is 17.4 Å². The molecule has 0 N–H and O–H groups in total. The van der Waals surface area contributed by atoms with Crippen LogP contribution in [0.15, 0.2) is 53.6 Å². The molecular formula is C30H28F3N3OS. The molecule has 4 aromatic rings. The number of hydrogen-bond donors (Lipinski definition) is 0. The van der Waals surface area contributed by atoms with Gasteiger partial charge in [0.05, 0.1) is 15.8 Å². The minimum Gasteiger partial charge on any atom is -0.360 e. The van der Waals surface area contributed by atoms with E-state index in [2.05, 4.69) is 28.8 Å². The molecule has 0 radical (unpaired) electrons. The fraction of sp³-hybridized carbons (Fsp3) is 0.400. The Morgan fingerprint density at radius 2 is 1.89 bits per heavy atom. The third-order valence-electron chi connectivity index (χ3n) is 8.62. The second-order valence-electron chi connectivity index (χ2n) is 11.0. The fourth-order valence-electron chi connectivity index (χ4n) is 6.50. The molecule has 2 bridgehead atoms. The van der Waals surface area contributed by atoms with E-state index >= 15 is 0 Å². The van der Waals surface area contributed by atoms with Crippen LogP contribution in [-0.4, -0.2) is 23.2 Å². The molecule has 4 heterocycles. The van der Waals surface area contributed by atoms with Gasteiger partial charge >= 0.3 is 6.18 Å². The van der Waals surface area contributed by atoms with Crippen LogP contribution in [0.1, 0.15) is 54.1 Å². The average molecular weight is 536 g/mol. The predicted molar refractivity (Wildman–Crippen MR) is 144 cm³/mol. The van der Waals surface area contributed by atoms with Crippen LogP contribution in [0.25, 0.3) is 27.6 Å². The lowest BCUT2D eigenvalue weighted by atomic mass is 9.60. The lowest BCUT2D eigenvalue weighted by Crippen LogP contribution is -2.55. The summed E-state index contributed by atoms with van der Waals surface area (Å²) in [5.41, 5.74) is 2.86. The van der Waals surface area contributed by atoms with Crippen molar-refractivity contribution in [3.05, 3.63) is 71.5 Å². The second-order valence-corrected chi connectivity index (χ2v) is 12.0. The molecule has 0 spiro atoms. The molecule has 2 aromatic carbocycles. The van der Waals surface area contributed by atoms with Gasteiger partial charge in [0.1, 0.15) is 11.5 Å². The van der Waals surface area contributed by atoms with Crippen molar-refractivity contribution in [2.45, 2.75) is 44.2 Å². The summed E-state index contributed by atoms with van der Waals surface area (Å²) < 4.78 is 48.2. The van der Waals surface area contributed by atoms with Gasteiger partial charge in [0.2, 0.25) is 0 Å². The van der Waals surface area contributed by atoms with E-state index in [0.717, 1.165) is 66.0 Å². The minimum absolute atomic E-state index is 0.126. The van der Waals surface area contributed by atoms with E-state index in [-0.39, 0.29) is 5.56 Å². The van der Waals surface area contributed by atoms with Gasteiger partial charge in [-0.2, -0.15) is 13.2 Å². The first-order chi connectivity index (χ1) is 18.4. The molecule has 8 rings (SSSR count). The summed E-state index contributed by atoms with van der Waals surface area (Å²) in [7, 11) is 0. The topological polar surface area (TPSA) is 42.2 Å². The molecule has 8 heteroatoms. The molecule has 4 nitrogen and oxygen atoms in total. The number of halogens is 3. The average Bonchev–Trinajstić information content (AvgIpc) is 3.53. The first-order valence-electron chi connectivity index (χ1n) is 13.3. The quantitative estimate of drug-likeness (QED) is 0.239.